The number of pyridine rings is 2. The second kappa shape index (κ2) is 8.44. The van der Waals surface area contributed by atoms with Crippen LogP contribution in [0.1, 0.15) is 22.8 Å². The fourth-order valence-electron chi connectivity index (χ4n) is 3.38. The molecular formula is C22H20F2N4O2. The molecule has 0 unspecified atom stereocenters. The van der Waals surface area contributed by atoms with Crippen LogP contribution in [-0.4, -0.2) is 35.6 Å². The van der Waals surface area contributed by atoms with Crippen LogP contribution in [0, 0.1) is 11.6 Å². The number of nitrogens with one attached hydrogen (secondary N) is 1. The fourth-order valence-corrected chi connectivity index (χ4v) is 3.38. The van der Waals surface area contributed by atoms with Gasteiger partial charge in [-0.3, -0.25) is 4.98 Å². The molecule has 0 spiro atoms. The lowest BCUT2D eigenvalue weighted by Crippen LogP contribution is -2.34. The Morgan fingerprint density at radius 3 is 2.83 bits per heavy atom. The maximum atomic E-state index is 14.2. The molecule has 0 saturated heterocycles. The Kier molecular flexibility index (Phi) is 5.56. The zero-order chi connectivity index (χ0) is 21.1. The lowest BCUT2D eigenvalue weighted by Gasteiger charge is -2.31. The van der Waals surface area contributed by atoms with Crippen molar-refractivity contribution in [2.75, 3.05) is 29.9 Å². The molecule has 8 heteroatoms. The molecule has 0 atom stereocenters. The Morgan fingerprint density at radius 2 is 2.00 bits per heavy atom. The number of fused-ring (bicyclic) bond motifs is 1. The molecule has 1 aliphatic rings. The van der Waals surface area contributed by atoms with Gasteiger partial charge in [-0.1, -0.05) is 0 Å². The lowest BCUT2D eigenvalue weighted by molar-refractivity contribution is 0.0526. The van der Waals surface area contributed by atoms with Crippen molar-refractivity contribution in [3.8, 4) is 11.1 Å². The van der Waals surface area contributed by atoms with E-state index in [4.69, 9.17) is 4.74 Å². The van der Waals surface area contributed by atoms with E-state index in [0.29, 0.717) is 30.0 Å². The molecule has 0 fully saturated rings. The number of esters is 1. The maximum Gasteiger partial charge on any atom is 0.339 e. The summed E-state index contributed by atoms with van der Waals surface area (Å²) in [6.45, 7) is 3.47. The number of benzene rings is 1. The molecule has 154 valence electrons. The first-order valence-corrected chi connectivity index (χ1v) is 9.60. The molecule has 2 aromatic heterocycles. The number of carbonyl (C=O) groups is 1. The van der Waals surface area contributed by atoms with Crippen molar-refractivity contribution in [1.82, 2.24) is 9.97 Å². The number of hydrogen-bond donors (Lipinski definition) is 1. The van der Waals surface area contributed by atoms with Gasteiger partial charge in [0.1, 0.15) is 17.5 Å². The molecule has 0 bridgehead atoms. The first-order chi connectivity index (χ1) is 14.5. The van der Waals surface area contributed by atoms with Gasteiger partial charge < -0.3 is 15.0 Å². The summed E-state index contributed by atoms with van der Waals surface area (Å²) in [6.07, 6.45) is 4.77. The highest BCUT2D eigenvalue weighted by Crippen LogP contribution is 2.33. The van der Waals surface area contributed by atoms with Crippen molar-refractivity contribution in [2.45, 2.75) is 13.5 Å². The number of hydrogen-bond acceptors (Lipinski definition) is 6. The number of aromatic nitrogens is 2. The molecule has 6 nitrogen and oxygen atoms in total. The van der Waals surface area contributed by atoms with Crippen molar-refractivity contribution in [2.24, 2.45) is 0 Å². The SMILES string of the molecule is CCOC(=O)c1cncc(-c2cnc3c(c2)N(Cc2cc(F)ccc2F)CCN3)c1. The van der Waals surface area contributed by atoms with E-state index in [2.05, 4.69) is 15.3 Å². The summed E-state index contributed by atoms with van der Waals surface area (Å²) in [4.78, 5) is 22.6. The second-order valence-corrected chi connectivity index (χ2v) is 6.86. The van der Waals surface area contributed by atoms with Gasteiger partial charge in [-0.25, -0.2) is 18.6 Å². The number of nitrogens with zero attached hydrogens (tertiary/aromatic N) is 3. The number of rotatable bonds is 5. The van der Waals surface area contributed by atoms with Crippen LogP contribution in [-0.2, 0) is 11.3 Å². The molecule has 0 amide bonds. The van der Waals surface area contributed by atoms with Crippen LogP contribution in [0.25, 0.3) is 11.1 Å². The molecule has 3 aromatic rings. The van der Waals surface area contributed by atoms with Crippen molar-refractivity contribution in [3.63, 3.8) is 0 Å². The van der Waals surface area contributed by atoms with E-state index in [9.17, 15) is 13.6 Å². The van der Waals surface area contributed by atoms with Crippen LogP contribution in [0.2, 0.25) is 0 Å². The van der Waals surface area contributed by atoms with Gasteiger partial charge in [-0.15, -0.1) is 0 Å². The molecule has 4 rings (SSSR count). The Hall–Kier alpha value is -3.55. The molecule has 1 N–H and O–H groups in total. The predicted molar refractivity (Wildman–Crippen MR) is 109 cm³/mol. The lowest BCUT2D eigenvalue weighted by atomic mass is 10.1. The van der Waals surface area contributed by atoms with Gasteiger partial charge in [0.2, 0.25) is 0 Å². The summed E-state index contributed by atoms with van der Waals surface area (Å²) < 4.78 is 32.8. The van der Waals surface area contributed by atoms with Gasteiger partial charge in [-0.2, -0.15) is 0 Å². The monoisotopic (exact) mass is 410 g/mol. The summed E-state index contributed by atoms with van der Waals surface area (Å²) in [6, 6.07) is 7.04. The Morgan fingerprint density at radius 1 is 1.17 bits per heavy atom. The minimum absolute atomic E-state index is 0.213. The van der Waals surface area contributed by atoms with E-state index >= 15 is 0 Å². The van der Waals surface area contributed by atoms with Gasteiger partial charge in [0.05, 0.1) is 17.9 Å². The van der Waals surface area contributed by atoms with Crippen molar-refractivity contribution in [3.05, 3.63) is 71.7 Å². The highest BCUT2D eigenvalue weighted by atomic mass is 19.1. The number of halogens is 2. The third-order valence-electron chi connectivity index (χ3n) is 4.83. The maximum absolute atomic E-state index is 14.2. The van der Waals surface area contributed by atoms with Crippen molar-refractivity contribution >= 4 is 17.5 Å². The van der Waals surface area contributed by atoms with E-state index < -0.39 is 17.6 Å². The van der Waals surface area contributed by atoms with Crippen LogP contribution < -0.4 is 10.2 Å². The first kappa shape index (κ1) is 19.8. The molecule has 1 aromatic carbocycles. The van der Waals surface area contributed by atoms with E-state index in [1.165, 1.54) is 12.3 Å². The Balaban J connectivity index is 1.67. The van der Waals surface area contributed by atoms with Gasteiger partial charge in [0.15, 0.2) is 0 Å². The normalized spacial score (nSPS) is 12.8. The fraction of sp³-hybridized carbons (Fsp3) is 0.227. The summed E-state index contributed by atoms with van der Waals surface area (Å²) in [5.41, 5.74) is 2.85. The Labute approximate surface area is 172 Å². The van der Waals surface area contributed by atoms with Crippen molar-refractivity contribution in [1.29, 1.82) is 0 Å². The zero-order valence-corrected chi connectivity index (χ0v) is 16.4. The van der Waals surface area contributed by atoms with E-state index in [1.54, 1.807) is 25.4 Å². The molecule has 0 aliphatic carbocycles. The van der Waals surface area contributed by atoms with Gasteiger partial charge in [0, 0.05) is 54.9 Å². The minimum atomic E-state index is -0.476. The quantitative estimate of drug-likeness (QED) is 0.641. The smallest absolute Gasteiger partial charge is 0.339 e. The molecule has 30 heavy (non-hydrogen) atoms. The molecular weight excluding hydrogens is 390 g/mol. The van der Waals surface area contributed by atoms with Crippen LogP contribution in [0.3, 0.4) is 0 Å². The third-order valence-corrected chi connectivity index (χ3v) is 4.83. The number of ether oxygens (including phenoxy) is 1. The molecule has 0 radical (unpaired) electrons. The van der Waals surface area contributed by atoms with Crippen molar-refractivity contribution < 1.29 is 18.3 Å². The predicted octanol–water partition coefficient (Wildman–Crippen LogP) is 4.03. The summed E-state index contributed by atoms with van der Waals surface area (Å²) >= 11 is 0. The number of carbonyl (C=O) groups excluding carboxylic acids is 1. The topological polar surface area (TPSA) is 67.3 Å². The van der Waals surface area contributed by atoms with Crippen LogP contribution >= 0.6 is 0 Å². The van der Waals surface area contributed by atoms with Gasteiger partial charge >= 0.3 is 5.97 Å². The summed E-state index contributed by atoms with van der Waals surface area (Å²) in [5.74, 6) is -0.707. The second-order valence-electron chi connectivity index (χ2n) is 6.86. The Bertz CT molecular complexity index is 1090. The largest absolute Gasteiger partial charge is 0.462 e. The summed E-state index contributed by atoms with van der Waals surface area (Å²) in [5, 5.41) is 3.22. The number of anilines is 2. The summed E-state index contributed by atoms with van der Waals surface area (Å²) in [7, 11) is 0. The van der Waals surface area contributed by atoms with Gasteiger partial charge in [0.25, 0.3) is 0 Å². The molecule has 3 heterocycles. The molecule has 1 aliphatic heterocycles. The highest BCUT2D eigenvalue weighted by molar-refractivity contribution is 5.90. The van der Waals surface area contributed by atoms with E-state index in [-0.39, 0.29) is 18.7 Å². The average Bonchev–Trinajstić information content (AvgIpc) is 2.76. The van der Waals surface area contributed by atoms with Crippen LogP contribution in [0.5, 0.6) is 0 Å². The third kappa shape index (κ3) is 4.07. The highest BCUT2D eigenvalue weighted by Gasteiger charge is 2.20. The van der Waals surface area contributed by atoms with Crippen LogP contribution in [0.15, 0.2) is 48.9 Å². The first-order valence-electron chi connectivity index (χ1n) is 9.60. The van der Waals surface area contributed by atoms with E-state index in [0.717, 1.165) is 23.4 Å². The molecule has 0 saturated carbocycles. The zero-order valence-electron chi connectivity index (χ0n) is 16.4. The average molecular weight is 410 g/mol. The van der Waals surface area contributed by atoms with Crippen LogP contribution in [0.4, 0.5) is 20.3 Å². The standard InChI is InChI=1S/C22H20F2N4O2/c1-2-30-22(29)16-7-14(10-25-11-16)15-9-20-21(27-12-15)26-5-6-28(20)13-17-8-18(23)3-4-19(17)24/h3-4,7-12H,2,5-6,13H2,1H3,(H,26,27). The van der Waals surface area contributed by atoms with Gasteiger partial charge in [-0.05, 0) is 37.3 Å². The van der Waals surface area contributed by atoms with E-state index in [1.807, 2.05) is 11.0 Å². The minimum Gasteiger partial charge on any atom is -0.462 e.